The number of thioether (sulfide) groups is 1. The van der Waals surface area contributed by atoms with Crippen LogP contribution in [0.5, 0.6) is 0 Å². The molecule has 11 nitrogen and oxygen atoms in total. The molecule has 14 heteroatoms. The molecule has 1 rings (SSSR count). The molecule has 0 amide bonds. The normalized spacial score (nSPS) is 31.9. The van der Waals surface area contributed by atoms with Crippen molar-refractivity contribution in [1.29, 1.82) is 0 Å². The Balaban J connectivity index is 2.87. The van der Waals surface area contributed by atoms with Crippen LogP contribution in [-0.2, 0) is 30.2 Å². The van der Waals surface area contributed by atoms with Gasteiger partial charge in [0.15, 0.2) is 0 Å². The van der Waals surface area contributed by atoms with Crippen molar-refractivity contribution < 1.29 is 46.6 Å². The Hall–Kier alpha value is -0.580. The van der Waals surface area contributed by atoms with Gasteiger partial charge in [0.05, 0.1) is 6.61 Å². The van der Waals surface area contributed by atoms with Crippen molar-refractivity contribution in [3.63, 3.8) is 0 Å². The number of allylic oxidation sites excluding steroid dienone is 1. The van der Waals surface area contributed by atoms with Crippen LogP contribution >= 0.6 is 11.8 Å². The minimum absolute atomic E-state index is 0.0292. The molecular formula is C12H21NO10S3. The van der Waals surface area contributed by atoms with E-state index in [2.05, 4.69) is 9.44 Å². The van der Waals surface area contributed by atoms with E-state index >= 15 is 0 Å². The van der Waals surface area contributed by atoms with E-state index in [1.165, 1.54) is 11.7 Å². The summed E-state index contributed by atoms with van der Waals surface area (Å²) in [6, 6.07) is 0. The molecule has 0 aliphatic carbocycles. The lowest BCUT2D eigenvalue weighted by Crippen LogP contribution is -2.57. The summed E-state index contributed by atoms with van der Waals surface area (Å²) in [5.74, 6) is 0. The highest BCUT2D eigenvalue weighted by Crippen LogP contribution is 2.30. The summed E-state index contributed by atoms with van der Waals surface area (Å²) in [5, 5.41) is 43.3. The first-order valence-electron chi connectivity index (χ1n) is 7.24. The Morgan fingerprint density at radius 3 is 2.50 bits per heavy atom. The van der Waals surface area contributed by atoms with Crippen molar-refractivity contribution in [3.8, 4) is 0 Å². The van der Waals surface area contributed by atoms with Crippen molar-refractivity contribution >= 4 is 38.0 Å². The van der Waals surface area contributed by atoms with Crippen LogP contribution in [0.15, 0.2) is 16.6 Å². The highest BCUT2D eigenvalue weighted by Gasteiger charge is 2.44. The maximum Gasteiger partial charge on any atom is 0.466 e. The first-order valence-corrected chi connectivity index (χ1v) is 11.1. The van der Waals surface area contributed by atoms with E-state index < -0.39 is 57.7 Å². The van der Waals surface area contributed by atoms with E-state index in [-0.39, 0.29) is 17.9 Å². The molecule has 1 fully saturated rings. The lowest BCUT2D eigenvalue weighted by molar-refractivity contribution is -0.205. The zero-order chi connectivity index (χ0) is 19.9. The SMILES string of the molecule is C[S@](=O)/C=C/CC/C(=N/OS(=O)(=O)O)S[C@@H]1O[C@H](CO)[C@@H](O)[C@H](O)[C@H]1O. The van der Waals surface area contributed by atoms with Crippen LogP contribution < -0.4 is 0 Å². The van der Waals surface area contributed by atoms with Crippen LogP contribution in [-0.4, -0.2) is 85.4 Å². The molecule has 152 valence electrons. The number of rotatable bonds is 8. The Morgan fingerprint density at radius 2 is 1.96 bits per heavy atom. The number of ether oxygens (including phenoxy) is 1. The van der Waals surface area contributed by atoms with E-state index in [1.807, 2.05) is 0 Å². The summed E-state index contributed by atoms with van der Waals surface area (Å²) < 4.78 is 50.2. The average Bonchev–Trinajstić information content (AvgIpc) is 2.55. The molecule has 1 aliphatic rings. The Bertz CT molecular complexity index is 635. The van der Waals surface area contributed by atoms with Crippen LogP contribution in [0, 0.1) is 0 Å². The van der Waals surface area contributed by atoms with Gasteiger partial charge in [-0.2, -0.15) is 8.42 Å². The zero-order valence-electron chi connectivity index (χ0n) is 13.6. The van der Waals surface area contributed by atoms with Gasteiger partial charge in [-0.25, -0.2) is 4.28 Å². The lowest BCUT2D eigenvalue weighted by atomic mass is 10.0. The first-order chi connectivity index (χ1) is 12.0. The summed E-state index contributed by atoms with van der Waals surface area (Å²) in [4.78, 5) is 0. The topological polar surface area (TPSA) is 183 Å². The third-order valence-corrected chi connectivity index (χ3v) is 5.16. The van der Waals surface area contributed by atoms with Crippen molar-refractivity contribution in [2.45, 2.75) is 42.7 Å². The van der Waals surface area contributed by atoms with E-state index in [0.29, 0.717) is 11.8 Å². The lowest BCUT2D eigenvalue weighted by Gasteiger charge is -2.39. The Labute approximate surface area is 157 Å². The Morgan fingerprint density at radius 1 is 1.31 bits per heavy atom. The molecule has 0 saturated carbocycles. The number of hydrogen-bond acceptors (Lipinski definition) is 11. The second-order valence-electron chi connectivity index (χ2n) is 5.21. The van der Waals surface area contributed by atoms with Gasteiger partial charge in [-0.3, -0.25) is 8.76 Å². The van der Waals surface area contributed by atoms with Crippen LogP contribution in [0.3, 0.4) is 0 Å². The predicted molar refractivity (Wildman–Crippen MR) is 93.9 cm³/mol. The molecule has 0 bridgehead atoms. The largest absolute Gasteiger partial charge is 0.466 e. The summed E-state index contributed by atoms with van der Waals surface area (Å²) in [7, 11) is -6.03. The highest BCUT2D eigenvalue weighted by atomic mass is 32.3. The number of hydrogen-bond donors (Lipinski definition) is 5. The third-order valence-electron chi connectivity index (χ3n) is 3.15. The first kappa shape index (κ1) is 23.5. The van der Waals surface area contributed by atoms with Crippen LogP contribution in [0.1, 0.15) is 12.8 Å². The molecule has 6 atom stereocenters. The van der Waals surface area contributed by atoms with Crippen LogP contribution in [0.25, 0.3) is 0 Å². The molecule has 0 spiro atoms. The van der Waals surface area contributed by atoms with E-state index in [1.54, 1.807) is 6.08 Å². The van der Waals surface area contributed by atoms with Crippen molar-refractivity contribution in [2.24, 2.45) is 5.16 Å². The second kappa shape index (κ2) is 10.7. The molecule has 1 aliphatic heterocycles. The quantitative estimate of drug-likeness (QED) is 0.127. The minimum Gasteiger partial charge on any atom is -0.394 e. The molecule has 0 radical (unpaired) electrons. The third kappa shape index (κ3) is 7.98. The van der Waals surface area contributed by atoms with Gasteiger partial charge in [-0.1, -0.05) is 23.0 Å². The maximum atomic E-state index is 11.0. The van der Waals surface area contributed by atoms with Gasteiger partial charge in [0.2, 0.25) is 0 Å². The van der Waals surface area contributed by atoms with Gasteiger partial charge < -0.3 is 25.2 Å². The summed E-state index contributed by atoms with van der Waals surface area (Å²) in [5.41, 5.74) is -1.20. The molecule has 0 aromatic heterocycles. The maximum absolute atomic E-state index is 11.0. The summed E-state index contributed by atoms with van der Waals surface area (Å²) >= 11 is 0.683. The molecule has 0 aromatic carbocycles. The van der Waals surface area contributed by atoms with Crippen LogP contribution in [0.4, 0.5) is 0 Å². The average molecular weight is 435 g/mol. The van der Waals surface area contributed by atoms with Gasteiger partial charge in [-0.15, -0.1) is 0 Å². The number of aliphatic hydroxyl groups excluding tert-OH is 4. The van der Waals surface area contributed by atoms with Gasteiger partial charge in [0.1, 0.15) is 34.9 Å². The number of oxime groups is 1. The molecule has 1 saturated heterocycles. The number of aliphatic hydroxyl groups is 4. The zero-order valence-corrected chi connectivity index (χ0v) is 16.1. The van der Waals surface area contributed by atoms with Gasteiger partial charge in [0.25, 0.3) is 0 Å². The van der Waals surface area contributed by atoms with Gasteiger partial charge >= 0.3 is 10.4 Å². The smallest absolute Gasteiger partial charge is 0.394 e. The summed E-state index contributed by atoms with van der Waals surface area (Å²) in [6.45, 7) is -0.624. The fourth-order valence-corrected chi connectivity index (χ4v) is 3.65. The minimum atomic E-state index is -4.85. The molecule has 1 heterocycles. The second-order valence-corrected chi connectivity index (χ2v) is 8.66. The molecule has 26 heavy (non-hydrogen) atoms. The fraction of sp³-hybridized carbons (Fsp3) is 0.750. The van der Waals surface area contributed by atoms with E-state index in [9.17, 15) is 27.9 Å². The van der Waals surface area contributed by atoms with E-state index in [0.717, 1.165) is 0 Å². The predicted octanol–water partition coefficient (Wildman–Crippen LogP) is -1.68. The standard InChI is InChI=1S/C12H21NO10S3/c1-25(18)5-3-2-4-8(13-23-26(19,20)21)24-12-11(17)10(16)9(15)7(6-14)22-12/h3,5,7,9-12,14-17H,2,4,6H2,1H3,(H,19,20,21)/b5-3+,13-8-/t7-,9-,10+,11-,12+,25+/m1/s1. The van der Waals surface area contributed by atoms with Crippen LogP contribution in [0.2, 0.25) is 0 Å². The van der Waals surface area contributed by atoms with Crippen molar-refractivity contribution in [2.75, 3.05) is 12.9 Å². The molecule has 0 unspecified atom stereocenters. The van der Waals surface area contributed by atoms with Gasteiger partial charge in [-0.05, 0) is 11.8 Å². The number of nitrogens with zero attached hydrogens (tertiary/aromatic N) is 1. The van der Waals surface area contributed by atoms with E-state index in [4.69, 9.17) is 14.4 Å². The molecular weight excluding hydrogens is 414 g/mol. The highest BCUT2D eigenvalue weighted by molar-refractivity contribution is 8.14. The monoisotopic (exact) mass is 435 g/mol. The Kier molecular flexibility index (Phi) is 9.63. The molecule has 0 aromatic rings. The molecule has 5 N–H and O–H groups in total. The van der Waals surface area contributed by atoms with Crippen molar-refractivity contribution in [1.82, 2.24) is 0 Å². The van der Waals surface area contributed by atoms with Crippen molar-refractivity contribution in [3.05, 3.63) is 11.5 Å². The van der Waals surface area contributed by atoms with Gasteiger partial charge in [0, 0.05) is 23.5 Å². The summed E-state index contributed by atoms with van der Waals surface area (Å²) in [6.07, 6.45) is -2.50. The fourth-order valence-electron chi connectivity index (χ4n) is 1.92.